The lowest BCUT2D eigenvalue weighted by atomic mass is 10.1. The summed E-state index contributed by atoms with van der Waals surface area (Å²) in [5.74, 6) is -1.43. The molecule has 2 N–H and O–H groups in total. The Morgan fingerprint density at radius 2 is 1.85 bits per heavy atom. The molecule has 0 radical (unpaired) electrons. The Morgan fingerprint density at radius 3 is 2.56 bits per heavy atom. The molecule has 0 saturated carbocycles. The standard InChI is InChI=1S/C18H18FN3O5/c1-12-6-7-13(10-14(12)19)18(24)21-9-8-20-17(23)11-27-16-5-3-2-4-15(16)22(25)26/h2-7,10H,8-9,11H2,1H3,(H,20,23)(H,21,24). The van der Waals surface area contributed by atoms with E-state index in [1.54, 1.807) is 13.0 Å². The third-order valence-corrected chi connectivity index (χ3v) is 3.59. The van der Waals surface area contributed by atoms with Crippen LogP contribution in [-0.2, 0) is 4.79 Å². The Balaban J connectivity index is 1.73. The normalized spacial score (nSPS) is 10.1. The topological polar surface area (TPSA) is 111 Å². The van der Waals surface area contributed by atoms with Crippen molar-refractivity contribution < 1.29 is 23.6 Å². The molecule has 2 aromatic carbocycles. The first-order chi connectivity index (χ1) is 12.9. The fourth-order valence-electron chi connectivity index (χ4n) is 2.14. The Bertz CT molecular complexity index is 857. The van der Waals surface area contributed by atoms with E-state index in [-0.39, 0.29) is 30.1 Å². The quantitative estimate of drug-likeness (QED) is 0.416. The van der Waals surface area contributed by atoms with Crippen LogP contribution < -0.4 is 15.4 Å². The van der Waals surface area contributed by atoms with Crippen molar-refractivity contribution in [3.63, 3.8) is 0 Å². The number of hydrogen-bond acceptors (Lipinski definition) is 5. The van der Waals surface area contributed by atoms with E-state index >= 15 is 0 Å². The summed E-state index contributed by atoms with van der Waals surface area (Å²) in [4.78, 5) is 33.9. The number of para-hydroxylation sites is 2. The van der Waals surface area contributed by atoms with Crippen molar-refractivity contribution in [3.8, 4) is 5.75 Å². The molecule has 2 amide bonds. The van der Waals surface area contributed by atoms with Crippen molar-refractivity contribution in [2.75, 3.05) is 19.7 Å². The SMILES string of the molecule is Cc1ccc(C(=O)NCCNC(=O)COc2ccccc2[N+](=O)[O-])cc1F. The van der Waals surface area contributed by atoms with Gasteiger partial charge in [-0.25, -0.2) is 4.39 Å². The number of nitro groups is 1. The molecule has 0 aromatic heterocycles. The molecule has 27 heavy (non-hydrogen) atoms. The zero-order valence-corrected chi connectivity index (χ0v) is 14.5. The minimum Gasteiger partial charge on any atom is -0.477 e. The molecule has 0 bridgehead atoms. The van der Waals surface area contributed by atoms with E-state index in [1.165, 1.54) is 30.3 Å². The maximum atomic E-state index is 13.4. The maximum Gasteiger partial charge on any atom is 0.310 e. The molecule has 2 rings (SSSR count). The van der Waals surface area contributed by atoms with Crippen LogP contribution in [0.25, 0.3) is 0 Å². The van der Waals surface area contributed by atoms with Gasteiger partial charge in [-0.1, -0.05) is 18.2 Å². The lowest BCUT2D eigenvalue weighted by Gasteiger charge is -2.09. The van der Waals surface area contributed by atoms with Crippen LogP contribution in [0.4, 0.5) is 10.1 Å². The van der Waals surface area contributed by atoms with Crippen molar-refractivity contribution in [2.45, 2.75) is 6.92 Å². The molecule has 0 saturated heterocycles. The highest BCUT2D eigenvalue weighted by atomic mass is 19.1. The summed E-state index contributed by atoms with van der Waals surface area (Å²) in [7, 11) is 0. The highest BCUT2D eigenvalue weighted by Crippen LogP contribution is 2.25. The lowest BCUT2D eigenvalue weighted by molar-refractivity contribution is -0.385. The summed E-state index contributed by atoms with van der Waals surface area (Å²) in [5, 5.41) is 15.9. The van der Waals surface area contributed by atoms with E-state index in [1.807, 2.05) is 0 Å². The number of benzene rings is 2. The monoisotopic (exact) mass is 375 g/mol. The Morgan fingerprint density at radius 1 is 1.15 bits per heavy atom. The third kappa shape index (κ3) is 5.77. The zero-order chi connectivity index (χ0) is 19.8. The van der Waals surface area contributed by atoms with Crippen molar-refractivity contribution in [3.05, 3.63) is 69.5 Å². The van der Waals surface area contributed by atoms with Gasteiger partial charge in [0.15, 0.2) is 12.4 Å². The van der Waals surface area contributed by atoms with Gasteiger partial charge >= 0.3 is 5.69 Å². The number of amides is 2. The van der Waals surface area contributed by atoms with Crippen LogP contribution in [0.15, 0.2) is 42.5 Å². The van der Waals surface area contributed by atoms with Gasteiger partial charge < -0.3 is 15.4 Å². The smallest absolute Gasteiger partial charge is 0.310 e. The first-order valence-corrected chi connectivity index (χ1v) is 8.05. The van der Waals surface area contributed by atoms with Crippen LogP contribution in [-0.4, -0.2) is 36.4 Å². The van der Waals surface area contributed by atoms with Gasteiger partial charge in [-0.05, 0) is 30.7 Å². The van der Waals surface area contributed by atoms with Crippen LogP contribution in [0.1, 0.15) is 15.9 Å². The highest BCUT2D eigenvalue weighted by Gasteiger charge is 2.14. The minimum absolute atomic E-state index is 0.00708. The molecule has 0 aliphatic heterocycles. The summed E-state index contributed by atoms with van der Waals surface area (Å²) in [6, 6.07) is 9.88. The predicted octanol–water partition coefficient (Wildman–Crippen LogP) is 1.97. The van der Waals surface area contributed by atoms with Crippen LogP contribution in [0.3, 0.4) is 0 Å². The van der Waals surface area contributed by atoms with Gasteiger partial charge in [-0.15, -0.1) is 0 Å². The summed E-state index contributed by atoms with van der Waals surface area (Å²) in [6.45, 7) is 1.45. The van der Waals surface area contributed by atoms with E-state index in [9.17, 15) is 24.1 Å². The molecule has 0 aliphatic rings. The Labute approximate surface area is 154 Å². The second-order valence-corrected chi connectivity index (χ2v) is 5.58. The van der Waals surface area contributed by atoms with E-state index < -0.39 is 29.2 Å². The van der Waals surface area contributed by atoms with Gasteiger partial charge in [0, 0.05) is 24.7 Å². The van der Waals surface area contributed by atoms with Crippen LogP contribution >= 0.6 is 0 Å². The van der Waals surface area contributed by atoms with E-state index in [0.717, 1.165) is 6.07 Å². The molecular formula is C18H18FN3O5. The number of halogens is 1. The number of nitro benzene ring substituents is 1. The fraction of sp³-hybridized carbons (Fsp3) is 0.222. The molecule has 2 aromatic rings. The van der Waals surface area contributed by atoms with Gasteiger partial charge in [-0.3, -0.25) is 19.7 Å². The highest BCUT2D eigenvalue weighted by molar-refractivity contribution is 5.94. The number of nitrogens with zero attached hydrogens (tertiary/aromatic N) is 1. The molecule has 9 heteroatoms. The number of hydrogen-bond donors (Lipinski definition) is 2. The van der Waals surface area contributed by atoms with Crippen molar-refractivity contribution in [1.82, 2.24) is 10.6 Å². The number of nitrogens with one attached hydrogen (secondary N) is 2. The third-order valence-electron chi connectivity index (χ3n) is 3.59. The molecule has 0 heterocycles. The summed E-state index contributed by atoms with van der Waals surface area (Å²) in [6.07, 6.45) is 0. The first kappa shape index (κ1) is 19.8. The molecule has 0 spiro atoms. The second kappa shape index (κ2) is 9.27. The van der Waals surface area contributed by atoms with Crippen LogP contribution in [0, 0.1) is 22.9 Å². The van der Waals surface area contributed by atoms with Gasteiger partial charge in [0.05, 0.1) is 4.92 Å². The van der Waals surface area contributed by atoms with Crippen molar-refractivity contribution >= 4 is 17.5 Å². The second-order valence-electron chi connectivity index (χ2n) is 5.58. The number of ether oxygens (including phenoxy) is 1. The molecule has 8 nitrogen and oxygen atoms in total. The lowest BCUT2D eigenvalue weighted by Crippen LogP contribution is -2.36. The van der Waals surface area contributed by atoms with E-state index in [2.05, 4.69) is 10.6 Å². The van der Waals surface area contributed by atoms with Gasteiger partial charge in [0.1, 0.15) is 5.82 Å². The number of carbonyl (C=O) groups excluding carboxylic acids is 2. The number of rotatable bonds is 8. The Kier molecular flexibility index (Phi) is 6.81. The first-order valence-electron chi connectivity index (χ1n) is 8.05. The van der Waals surface area contributed by atoms with Crippen molar-refractivity contribution in [2.24, 2.45) is 0 Å². The number of carbonyl (C=O) groups is 2. The molecular weight excluding hydrogens is 357 g/mol. The van der Waals surface area contributed by atoms with Gasteiger partial charge in [0.2, 0.25) is 0 Å². The molecule has 142 valence electrons. The largest absolute Gasteiger partial charge is 0.477 e. The maximum absolute atomic E-state index is 13.4. The van der Waals surface area contributed by atoms with Gasteiger partial charge in [0.25, 0.3) is 11.8 Å². The van der Waals surface area contributed by atoms with E-state index in [4.69, 9.17) is 4.74 Å². The zero-order valence-electron chi connectivity index (χ0n) is 14.5. The van der Waals surface area contributed by atoms with Gasteiger partial charge in [-0.2, -0.15) is 0 Å². The minimum atomic E-state index is -0.601. The molecule has 0 aliphatic carbocycles. The number of aryl methyl sites for hydroxylation is 1. The summed E-state index contributed by atoms with van der Waals surface area (Å²) >= 11 is 0. The van der Waals surface area contributed by atoms with Crippen LogP contribution in [0.2, 0.25) is 0 Å². The van der Waals surface area contributed by atoms with E-state index in [0.29, 0.717) is 5.56 Å². The average Bonchev–Trinajstić information content (AvgIpc) is 2.65. The van der Waals surface area contributed by atoms with Crippen molar-refractivity contribution in [1.29, 1.82) is 0 Å². The Hall–Kier alpha value is -3.49. The van der Waals surface area contributed by atoms with Crippen LogP contribution in [0.5, 0.6) is 5.75 Å². The molecule has 0 atom stereocenters. The summed E-state index contributed by atoms with van der Waals surface area (Å²) < 4.78 is 18.6. The summed E-state index contributed by atoms with van der Waals surface area (Å²) in [5.41, 5.74) is 0.393. The fourth-order valence-corrected chi connectivity index (χ4v) is 2.14. The average molecular weight is 375 g/mol. The molecule has 0 unspecified atom stereocenters. The predicted molar refractivity (Wildman–Crippen MR) is 95.1 cm³/mol. The molecule has 0 fully saturated rings.